The molecule has 1 heterocycles. The minimum atomic E-state index is -1.08. The zero-order valence-corrected chi connectivity index (χ0v) is 14.5. The SMILES string of the molecule is O=C(CN1C(=O)N[C@@]2(CCc3ccccc32)C1=O)NCc1ccccc1F. The first-order valence-electron chi connectivity index (χ1n) is 8.74. The molecule has 2 aliphatic rings. The summed E-state index contributed by atoms with van der Waals surface area (Å²) in [5, 5.41) is 5.32. The van der Waals surface area contributed by atoms with Gasteiger partial charge in [-0.05, 0) is 30.0 Å². The number of carbonyl (C=O) groups excluding carboxylic acids is 3. The lowest BCUT2D eigenvalue weighted by molar-refractivity contribution is -0.135. The minimum Gasteiger partial charge on any atom is -0.350 e. The van der Waals surface area contributed by atoms with E-state index in [9.17, 15) is 18.8 Å². The molecule has 2 aromatic carbocycles. The van der Waals surface area contributed by atoms with Gasteiger partial charge in [-0.1, -0.05) is 42.5 Å². The summed E-state index contributed by atoms with van der Waals surface area (Å²) in [6, 6.07) is 13.0. The van der Waals surface area contributed by atoms with Gasteiger partial charge in [-0.25, -0.2) is 9.18 Å². The van der Waals surface area contributed by atoms with E-state index >= 15 is 0 Å². The van der Waals surface area contributed by atoms with Gasteiger partial charge in [0.05, 0.1) is 0 Å². The van der Waals surface area contributed by atoms with Crippen molar-refractivity contribution in [1.82, 2.24) is 15.5 Å². The molecule has 0 radical (unpaired) electrons. The number of halogens is 1. The Labute approximate surface area is 155 Å². The highest BCUT2D eigenvalue weighted by atomic mass is 19.1. The Kier molecular flexibility index (Phi) is 4.14. The second-order valence-corrected chi connectivity index (χ2v) is 6.75. The number of benzene rings is 2. The van der Waals surface area contributed by atoms with Gasteiger partial charge in [-0.2, -0.15) is 0 Å². The third kappa shape index (κ3) is 2.85. The molecule has 0 bridgehead atoms. The van der Waals surface area contributed by atoms with Crippen LogP contribution in [0.3, 0.4) is 0 Å². The lowest BCUT2D eigenvalue weighted by Crippen LogP contribution is -2.43. The van der Waals surface area contributed by atoms with Crippen molar-refractivity contribution in [3.63, 3.8) is 0 Å². The number of carbonyl (C=O) groups is 3. The van der Waals surface area contributed by atoms with Crippen LogP contribution < -0.4 is 10.6 Å². The number of nitrogens with zero attached hydrogens (tertiary/aromatic N) is 1. The molecular weight excluding hydrogens is 349 g/mol. The van der Waals surface area contributed by atoms with Gasteiger partial charge in [-0.3, -0.25) is 14.5 Å². The van der Waals surface area contributed by atoms with Crippen LogP contribution in [0.4, 0.5) is 9.18 Å². The maximum Gasteiger partial charge on any atom is 0.325 e. The zero-order valence-electron chi connectivity index (χ0n) is 14.5. The van der Waals surface area contributed by atoms with Gasteiger partial charge in [0.25, 0.3) is 5.91 Å². The summed E-state index contributed by atoms with van der Waals surface area (Å²) in [7, 11) is 0. The second-order valence-electron chi connectivity index (χ2n) is 6.75. The highest BCUT2D eigenvalue weighted by molar-refractivity contribution is 6.09. The van der Waals surface area contributed by atoms with Gasteiger partial charge in [0.2, 0.25) is 5.91 Å². The molecule has 4 rings (SSSR count). The highest BCUT2D eigenvalue weighted by Gasteiger charge is 2.55. The fourth-order valence-corrected chi connectivity index (χ4v) is 3.77. The number of nitrogens with one attached hydrogen (secondary N) is 2. The van der Waals surface area contributed by atoms with E-state index in [2.05, 4.69) is 10.6 Å². The van der Waals surface area contributed by atoms with Gasteiger partial charge in [0, 0.05) is 12.1 Å². The van der Waals surface area contributed by atoms with Crippen molar-refractivity contribution < 1.29 is 18.8 Å². The third-order valence-corrected chi connectivity index (χ3v) is 5.16. The highest BCUT2D eigenvalue weighted by Crippen LogP contribution is 2.41. The van der Waals surface area contributed by atoms with Crippen LogP contribution in [0.5, 0.6) is 0 Å². The van der Waals surface area contributed by atoms with Crippen molar-refractivity contribution in [2.24, 2.45) is 0 Å². The number of urea groups is 1. The van der Waals surface area contributed by atoms with Gasteiger partial charge in [0.15, 0.2) is 0 Å². The molecule has 1 saturated heterocycles. The van der Waals surface area contributed by atoms with Crippen LogP contribution in [0.15, 0.2) is 48.5 Å². The van der Waals surface area contributed by atoms with Crippen molar-refractivity contribution in [3.05, 3.63) is 71.0 Å². The molecule has 138 valence electrons. The van der Waals surface area contributed by atoms with E-state index < -0.39 is 35.7 Å². The number of imide groups is 1. The van der Waals surface area contributed by atoms with Crippen molar-refractivity contribution >= 4 is 17.8 Å². The number of fused-ring (bicyclic) bond motifs is 2. The smallest absolute Gasteiger partial charge is 0.325 e. The second kappa shape index (κ2) is 6.50. The fraction of sp³-hybridized carbons (Fsp3) is 0.250. The summed E-state index contributed by atoms with van der Waals surface area (Å²) in [6.45, 7) is -0.411. The number of amides is 4. The Morgan fingerprint density at radius 2 is 1.89 bits per heavy atom. The largest absolute Gasteiger partial charge is 0.350 e. The number of rotatable bonds is 4. The van der Waals surface area contributed by atoms with Gasteiger partial charge < -0.3 is 10.6 Å². The topological polar surface area (TPSA) is 78.5 Å². The molecule has 2 aromatic rings. The first-order valence-corrected chi connectivity index (χ1v) is 8.74. The molecule has 0 unspecified atom stereocenters. The summed E-state index contributed by atoms with van der Waals surface area (Å²) >= 11 is 0. The summed E-state index contributed by atoms with van der Waals surface area (Å²) in [4.78, 5) is 38.5. The molecule has 4 amide bonds. The Balaban J connectivity index is 1.46. The van der Waals surface area contributed by atoms with Crippen LogP contribution in [0, 0.1) is 5.82 Å². The standard InChI is InChI=1S/C20H18FN3O3/c21-16-8-4-2-6-14(16)11-22-17(25)12-24-18(26)20(23-19(24)27)10-9-13-5-1-3-7-15(13)20/h1-8H,9-12H2,(H,22,25)(H,23,27)/t20-/m1/s1. The van der Waals surface area contributed by atoms with Crippen molar-refractivity contribution in [2.75, 3.05) is 6.54 Å². The molecule has 1 fully saturated rings. The van der Waals surface area contributed by atoms with Gasteiger partial charge in [-0.15, -0.1) is 0 Å². The number of aryl methyl sites for hydroxylation is 1. The predicted molar refractivity (Wildman–Crippen MR) is 94.9 cm³/mol. The van der Waals surface area contributed by atoms with Crippen LogP contribution in [0.1, 0.15) is 23.1 Å². The lowest BCUT2D eigenvalue weighted by atomic mass is 9.92. The van der Waals surface area contributed by atoms with Gasteiger partial charge >= 0.3 is 6.03 Å². The molecule has 0 aromatic heterocycles. The molecule has 7 heteroatoms. The predicted octanol–water partition coefficient (Wildman–Crippen LogP) is 1.84. The van der Waals surface area contributed by atoms with E-state index in [1.807, 2.05) is 24.3 Å². The Morgan fingerprint density at radius 3 is 2.70 bits per heavy atom. The van der Waals surface area contributed by atoms with Crippen molar-refractivity contribution in [1.29, 1.82) is 0 Å². The van der Waals surface area contributed by atoms with E-state index in [-0.39, 0.29) is 6.54 Å². The van der Waals surface area contributed by atoms with Crippen molar-refractivity contribution in [3.8, 4) is 0 Å². The maximum absolute atomic E-state index is 13.6. The van der Waals surface area contributed by atoms with Crippen LogP contribution in [-0.4, -0.2) is 29.3 Å². The Bertz CT molecular complexity index is 946. The van der Waals surface area contributed by atoms with E-state index in [0.717, 1.165) is 16.0 Å². The quantitative estimate of drug-likeness (QED) is 0.810. The summed E-state index contributed by atoms with van der Waals surface area (Å²) in [5.41, 5.74) is 1.07. The Morgan fingerprint density at radius 1 is 1.15 bits per heavy atom. The Hall–Kier alpha value is -3.22. The summed E-state index contributed by atoms with van der Waals surface area (Å²) < 4.78 is 13.6. The number of hydrogen-bond donors (Lipinski definition) is 2. The number of hydrogen-bond acceptors (Lipinski definition) is 3. The van der Waals surface area contributed by atoms with E-state index in [0.29, 0.717) is 18.4 Å². The summed E-state index contributed by atoms with van der Waals surface area (Å²) in [5.74, 6) is -1.36. The zero-order chi connectivity index (χ0) is 19.0. The first kappa shape index (κ1) is 17.2. The van der Waals surface area contributed by atoms with E-state index in [4.69, 9.17) is 0 Å². The molecule has 27 heavy (non-hydrogen) atoms. The molecule has 6 nitrogen and oxygen atoms in total. The molecule has 1 aliphatic heterocycles. The van der Waals surface area contributed by atoms with E-state index in [1.54, 1.807) is 18.2 Å². The normalized spacial score (nSPS) is 20.7. The average molecular weight is 367 g/mol. The molecule has 2 N–H and O–H groups in total. The van der Waals surface area contributed by atoms with Crippen molar-refractivity contribution in [2.45, 2.75) is 24.9 Å². The van der Waals surface area contributed by atoms with Crippen LogP contribution >= 0.6 is 0 Å². The monoisotopic (exact) mass is 367 g/mol. The van der Waals surface area contributed by atoms with Gasteiger partial charge in [0.1, 0.15) is 17.9 Å². The molecular formula is C20H18FN3O3. The average Bonchev–Trinajstić information content (AvgIpc) is 3.15. The molecule has 0 saturated carbocycles. The molecule has 1 atom stereocenters. The van der Waals surface area contributed by atoms with Crippen LogP contribution in [0.25, 0.3) is 0 Å². The maximum atomic E-state index is 13.6. The van der Waals surface area contributed by atoms with E-state index in [1.165, 1.54) is 6.07 Å². The molecule has 1 aliphatic carbocycles. The fourth-order valence-electron chi connectivity index (χ4n) is 3.77. The molecule has 1 spiro atoms. The summed E-state index contributed by atoms with van der Waals surface area (Å²) in [6.07, 6.45) is 1.17. The van der Waals surface area contributed by atoms with Crippen LogP contribution in [-0.2, 0) is 28.1 Å². The minimum absolute atomic E-state index is 0.0108. The third-order valence-electron chi connectivity index (χ3n) is 5.16. The van der Waals surface area contributed by atoms with Crippen LogP contribution in [0.2, 0.25) is 0 Å². The lowest BCUT2D eigenvalue weighted by Gasteiger charge is -2.22. The first-order chi connectivity index (χ1) is 13.0.